The van der Waals surface area contributed by atoms with Gasteiger partial charge < -0.3 is 10.4 Å². The molecule has 4 heteroatoms. The molecule has 0 saturated carbocycles. The molecular weight excluding hydrogens is 318 g/mol. The first-order valence-corrected chi connectivity index (χ1v) is 7.62. The maximum Gasteiger partial charge on any atom is 0.255 e. The smallest absolute Gasteiger partial charge is 0.255 e. The minimum Gasteiger partial charge on any atom is -0.506 e. The minimum atomic E-state index is -0.248. The number of nitrogens with one attached hydrogen (secondary N) is 1. The van der Waals surface area contributed by atoms with Crippen molar-refractivity contribution >= 4 is 32.6 Å². The van der Waals surface area contributed by atoms with Crippen LogP contribution in [0.5, 0.6) is 5.75 Å². The third-order valence-corrected chi connectivity index (χ3v) is 4.75. The average Bonchev–Trinajstić information content (AvgIpc) is 2.45. The van der Waals surface area contributed by atoms with Gasteiger partial charge >= 0.3 is 0 Å². The normalized spacial score (nSPS) is 11.6. The Morgan fingerprint density at radius 1 is 1.25 bits per heavy atom. The predicted octanol–water partition coefficient (Wildman–Crippen LogP) is 3.70. The molecule has 0 aliphatic carbocycles. The van der Waals surface area contributed by atoms with E-state index in [0.29, 0.717) is 17.5 Å². The van der Waals surface area contributed by atoms with Gasteiger partial charge in [-0.1, -0.05) is 60.1 Å². The van der Waals surface area contributed by atoms with Gasteiger partial charge in [0, 0.05) is 17.3 Å². The van der Waals surface area contributed by atoms with E-state index in [1.165, 1.54) is 0 Å². The van der Waals surface area contributed by atoms with Gasteiger partial charge in [-0.15, -0.1) is 0 Å². The highest BCUT2D eigenvalue weighted by atomic mass is 79.9. The second-order valence-electron chi connectivity index (χ2n) is 5.66. The Hall–Kier alpha value is -1.55. The SMILES string of the molecule is CC(C)(CBr)CNC(=O)c1ccc2ccccc2c1O. The van der Waals surface area contributed by atoms with Crippen molar-refractivity contribution in [2.75, 3.05) is 11.9 Å². The molecule has 106 valence electrons. The Morgan fingerprint density at radius 3 is 2.65 bits per heavy atom. The number of alkyl halides is 1. The van der Waals surface area contributed by atoms with Crippen molar-refractivity contribution in [3.05, 3.63) is 42.0 Å². The van der Waals surface area contributed by atoms with E-state index in [1.54, 1.807) is 6.07 Å². The standard InChI is InChI=1S/C16H18BrNO2/c1-16(2,9-17)10-18-15(20)13-8-7-11-5-3-4-6-12(11)14(13)19/h3-8,19H,9-10H2,1-2H3,(H,18,20). The topological polar surface area (TPSA) is 49.3 Å². The fraction of sp³-hybridized carbons (Fsp3) is 0.312. The largest absolute Gasteiger partial charge is 0.506 e. The van der Waals surface area contributed by atoms with E-state index in [-0.39, 0.29) is 17.1 Å². The van der Waals surface area contributed by atoms with E-state index >= 15 is 0 Å². The van der Waals surface area contributed by atoms with E-state index in [2.05, 4.69) is 35.1 Å². The van der Waals surface area contributed by atoms with Gasteiger partial charge in [0.2, 0.25) is 0 Å². The molecule has 2 aromatic rings. The third-order valence-electron chi connectivity index (χ3n) is 3.23. The highest BCUT2D eigenvalue weighted by Gasteiger charge is 2.19. The number of rotatable bonds is 4. The zero-order chi connectivity index (χ0) is 14.8. The van der Waals surface area contributed by atoms with Crippen molar-refractivity contribution in [1.82, 2.24) is 5.32 Å². The molecule has 0 spiro atoms. The summed E-state index contributed by atoms with van der Waals surface area (Å²) in [6, 6.07) is 11.0. The number of fused-ring (bicyclic) bond motifs is 1. The van der Waals surface area contributed by atoms with Gasteiger partial charge in [-0.2, -0.15) is 0 Å². The number of hydrogen-bond acceptors (Lipinski definition) is 2. The fourth-order valence-corrected chi connectivity index (χ4v) is 2.10. The Kier molecular flexibility index (Phi) is 4.33. The van der Waals surface area contributed by atoms with Gasteiger partial charge in [-0.25, -0.2) is 0 Å². The zero-order valence-corrected chi connectivity index (χ0v) is 13.2. The highest BCUT2D eigenvalue weighted by molar-refractivity contribution is 9.09. The van der Waals surface area contributed by atoms with Crippen LogP contribution in [0.3, 0.4) is 0 Å². The fourth-order valence-electron chi connectivity index (χ4n) is 1.90. The minimum absolute atomic E-state index is 0.0257. The van der Waals surface area contributed by atoms with Crippen molar-refractivity contribution in [2.45, 2.75) is 13.8 Å². The van der Waals surface area contributed by atoms with Gasteiger partial charge in [0.1, 0.15) is 5.75 Å². The summed E-state index contributed by atoms with van der Waals surface area (Å²) in [4.78, 5) is 12.2. The van der Waals surface area contributed by atoms with Crippen LogP contribution >= 0.6 is 15.9 Å². The summed E-state index contributed by atoms with van der Waals surface area (Å²) < 4.78 is 0. The van der Waals surface area contributed by atoms with Crippen LogP contribution in [0.1, 0.15) is 24.2 Å². The van der Waals surface area contributed by atoms with Gasteiger partial charge in [0.15, 0.2) is 0 Å². The molecule has 20 heavy (non-hydrogen) atoms. The maximum absolute atomic E-state index is 12.2. The summed E-state index contributed by atoms with van der Waals surface area (Å²) in [5.41, 5.74) is 0.288. The van der Waals surface area contributed by atoms with Crippen LogP contribution in [0, 0.1) is 5.41 Å². The van der Waals surface area contributed by atoms with Crippen LogP contribution in [0.2, 0.25) is 0 Å². The molecule has 0 aliphatic heterocycles. The quantitative estimate of drug-likeness (QED) is 0.837. The number of aromatic hydroxyl groups is 1. The molecule has 0 unspecified atom stereocenters. The van der Waals surface area contributed by atoms with Crippen molar-refractivity contribution < 1.29 is 9.90 Å². The molecule has 2 rings (SSSR count). The second kappa shape index (κ2) is 5.83. The van der Waals surface area contributed by atoms with Crippen molar-refractivity contribution in [1.29, 1.82) is 0 Å². The molecule has 2 aromatic carbocycles. The van der Waals surface area contributed by atoms with Crippen LogP contribution in [-0.2, 0) is 0 Å². The lowest BCUT2D eigenvalue weighted by Crippen LogP contribution is -2.34. The Bertz CT molecular complexity index is 637. The summed E-state index contributed by atoms with van der Waals surface area (Å²) in [5, 5.41) is 15.5. The Morgan fingerprint density at radius 2 is 1.95 bits per heavy atom. The lowest BCUT2D eigenvalue weighted by atomic mass is 9.96. The summed E-state index contributed by atoms with van der Waals surface area (Å²) in [6.45, 7) is 4.66. The van der Waals surface area contributed by atoms with Crippen LogP contribution in [0.15, 0.2) is 36.4 Å². The van der Waals surface area contributed by atoms with Gasteiger partial charge in [-0.3, -0.25) is 4.79 Å². The molecule has 1 amide bonds. The van der Waals surface area contributed by atoms with E-state index in [0.717, 1.165) is 10.7 Å². The molecule has 2 N–H and O–H groups in total. The molecule has 3 nitrogen and oxygen atoms in total. The number of benzene rings is 2. The molecule has 0 aromatic heterocycles. The lowest BCUT2D eigenvalue weighted by Gasteiger charge is -2.22. The second-order valence-corrected chi connectivity index (χ2v) is 6.22. The molecule has 0 atom stereocenters. The van der Waals surface area contributed by atoms with Crippen LogP contribution in [0.4, 0.5) is 0 Å². The number of phenolic OH excluding ortho intramolecular Hbond substituents is 1. The van der Waals surface area contributed by atoms with E-state index in [9.17, 15) is 9.90 Å². The first-order valence-electron chi connectivity index (χ1n) is 6.49. The first-order chi connectivity index (χ1) is 9.44. The third kappa shape index (κ3) is 3.12. The molecule has 0 heterocycles. The molecule has 0 aliphatic rings. The highest BCUT2D eigenvalue weighted by Crippen LogP contribution is 2.28. The lowest BCUT2D eigenvalue weighted by molar-refractivity contribution is 0.0938. The van der Waals surface area contributed by atoms with Gasteiger partial charge in [-0.05, 0) is 16.9 Å². The molecule has 0 bridgehead atoms. The monoisotopic (exact) mass is 335 g/mol. The van der Waals surface area contributed by atoms with Crippen LogP contribution in [0.25, 0.3) is 10.8 Å². The van der Waals surface area contributed by atoms with Crippen LogP contribution < -0.4 is 5.32 Å². The predicted molar refractivity (Wildman–Crippen MR) is 85.5 cm³/mol. The summed E-state index contributed by atoms with van der Waals surface area (Å²) in [7, 11) is 0. The Balaban J connectivity index is 2.25. The van der Waals surface area contributed by atoms with Crippen molar-refractivity contribution in [2.24, 2.45) is 5.41 Å². The number of phenols is 1. The summed E-state index contributed by atoms with van der Waals surface area (Å²) >= 11 is 3.42. The Labute approximate surface area is 127 Å². The van der Waals surface area contributed by atoms with E-state index in [4.69, 9.17) is 0 Å². The van der Waals surface area contributed by atoms with E-state index < -0.39 is 0 Å². The van der Waals surface area contributed by atoms with Gasteiger partial charge in [0.05, 0.1) is 5.56 Å². The molecular formula is C16H18BrNO2. The number of amides is 1. The number of carbonyl (C=O) groups is 1. The van der Waals surface area contributed by atoms with Gasteiger partial charge in [0.25, 0.3) is 5.91 Å². The molecule has 0 fully saturated rings. The number of halogens is 1. The maximum atomic E-state index is 12.2. The summed E-state index contributed by atoms with van der Waals surface area (Å²) in [5.74, 6) is -0.209. The van der Waals surface area contributed by atoms with Crippen molar-refractivity contribution in [3.63, 3.8) is 0 Å². The molecule has 0 saturated heterocycles. The van der Waals surface area contributed by atoms with Crippen LogP contribution in [-0.4, -0.2) is 22.9 Å². The number of hydrogen-bond donors (Lipinski definition) is 2. The van der Waals surface area contributed by atoms with Crippen molar-refractivity contribution in [3.8, 4) is 5.75 Å². The molecule has 0 radical (unpaired) electrons. The summed E-state index contributed by atoms with van der Waals surface area (Å²) in [6.07, 6.45) is 0. The average molecular weight is 336 g/mol. The zero-order valence-electron chi connectivity index (χ0n) is 11.6. The number of carbonyl (C=O) groups excluding carboxylic acids is 1. The first kappa shape index (κ1) is 14.9. The van der Waals surface area contributed by atoms with E-state index in [1.807, 2.05) is 30.3 Å².